The Morgan fingerprint density at radius 1 is 0.700 bits per heavy atom. The molecule has 0 saturated carbocycles. The fourth-order valence-electron chi connectivity index (χ4n) is 3.58. The van der Waals surface area contributed by atoms with Crippen LogP contribution in [0.5, 0.6) is 11.5 Å². The zero-order valence-electron chi connectivity index (χ0n) is 19.2. The predicted molar refractivity (Wildman–Crippen MR) is 128 cm³/mol. The maximum absolute atomic E-state index is 10.3. The van der Waals surface area contributed by atoms with E-state index in [-0.39, 0.29) is 11.5 Å². The lowest BCUT2D eigenvalue weighted by molar-refractivity contribution is 0.469. The number of hydrogen-bond acceptors (Lipinski definition) is 4. The fourth-order valence-corrected chi connectivity index (χ4v) is 3.58. The van der Waals surface area contributed by atoms with E-state index in [4.69, 9.17) is 0 Å². The lowest BCUT2D eigenvalue weighted by Gasteiger charge is -2.10. The van der Waals surface area contributed by atoms with Crippen molar-refractivity contribution < 1.29 is 10.2 Å². The molecule has 4 heteroatoms. The number of phenols is 2. The Hall–Kier alpha value is -2.62. The van der Waals surface area contributed by atoms with Crippen molar-refractivity contribution in [1.29, 1.82) is 0 Å². The fraction of sp³-hybridized carbons (Fsp3) is 0.462. The monoisotopic (exact) mass is 408 g/mol. The first kappa shape index (κ1) is 23.7. The SMILES string of the molecule is Cc1cc(CC(C)C)cc(C=NCCN=Cc2cc(CC(C)C)cc(C)c2O)c1O. The topological polar surface area (TPSA) is 65.2 Å². The summed E-state index contributed by atoms with van der Waals surface area (Å²) in [6.45, 7) is 13.6. The Labute approximate surface area is 181 Å². The van der Waals surface area contributed by atoms with E-state index in [2.05, 4.69) is 37.7 Å². The van der Waals surface area contributed by atoms with Crippen LogP contribution in [-0.2, 0) is 12.8 Å². The Balaban J connectivity index is 2.01. The third-order valence-corrected chi connectivity index (χ3v) is 4.89. The molecule has 0 fully saturated rings. The van der Waals surface area contributed by atoms with Crippen LogP contribution in [-0.4, -0.2) is 35.7 Å². The van der Waals surface area contributed by atoms with Crippen molar-refractivity contribution >= 4 is 12.4 Å². The Kier molecular flexibility index (Phi) is 8.64. The van der Waals surface area contributed by atoms with Crippen molar-refractivity contribution in [1.82, 2.24) is 0 Å². The standard InChI is InChI=1S/C26H36N2O2/c1-17(2)9-21-11-19(5)25(29)23(13-21)15-27-7-8-28-16-24-14-22(10-18(3)4)12-20(6)26(24)30/h11-18,29-30H,7-10H2,1-6H3. The van der Waals surface area contributed by atoms with Gasteiger partial charge in [0.05, 0.1) is 13.1 Å². The molecule has 2 aromatic carbocycles. The molecule has 0 aliphatic carbocycles. The molecule has 162 valence electrons. The number of aromatic hydroxyl groups is 2. The second-order valence-electron chi connectivity index (χ2n) is 8.97. The summed E-state index contributed by atoms with van der Waals surface area (Å²) in [5.74, 6) is 1.70. The van der Waals surface area contributed by atoms with Gasteiger partial charge in [-0.1, -0.05) is 39.8 Å². The van der Waals surface area contributed by atoms with Crippen LogP contribution in [0.2, 0.25) is 0 Å². The van der Waals surface area contributed by atoms with Crippen LogP contribution in [0.4, 0.5) is 0 Å². The zero-order chi connectivity index (χ0) is 22.3. The second-order valence-corrected chi connectivity index (χ2v) is 8.97. The molecular weight excluding hydrogens is 372 g/mol. The van der Waals surface area contributed by atoms with Gasteiger partial charge in [-0.05, 0) is 72.9 Å². The van der Waals surface area contributed by atoms with Crippen LogP contribution >= 0.6 is 0 Å². The van der Waals surface area contributed by atoms with E-state index in [1.165, 1.54) is 11.1 Å². The highest BCUT2D eigenvalue weighted by Crippen LogP contribution is 2.25. The number of benzene rings is 2. The van der Waals surface area contributed by atoms with Crippen molar-refractivity contribution in [2.45, 2.75) is 54.4 Å². The lowest BCUT2D eigenvalue weighted by Crippen LogP contribution is -1.98. The maximum Gasteiger partial charge on any atom is 0.127 e. The van der Waals surface area contributed by atoms with Crippen LogP contribution in [0.1, 0.15) is 61.1 Å². The molecule has 0 aliphatic heterocycles. The largest absolute Gasteiger partial charge is 0.507 e. The zero-order valence-corrected chi connectivity index (χ0v) is 19.2. The summed E-state index contributed by atoms with van der Waals surface area (Å²) in [6, 6.07) is 8.10. The van der Waals surface area contributed by atoms with Crippen molar-refractivity contribution in [2.75, 3.05) is 13.1 Å². The highest BCUT2D eigenvalue weighted by atomic mass is 16.3. The number of phenolic OH excluding ortho intramolecular Hbond substituents is 2. The molecule has 0 unspecified atom stereocenters. The van der Waals surface area contributed by atoms with E-state index in [1.807, 2.05) is 38.1 Å². The van der Waals surface area contributed by atoms with Gasteiger partial charge in [0, 0.05) is 23.6 Å². The van der Waals surface area contributed by atoms with Gasteiger partial charge < -0.3 is 10.2 Å². The van der Waals surface area contributed by atoms with Gasteiger partial charge in [-0.25, -0.2) is 0 Å². The minimum absolute atomic E-state index is 0.289. The van der Waals surface area contributed by atoms with E-state index >= 15 is 0 Å². The van der Waals surface area contributed by atoms with E-state index in [0.717, 1.165) is 35.1 Å². The minimum Gasteiger partial charge on any atom is -0.507 e. The Morgan fingerprint density at radius 2 is 1.07 bits per heavy atom. The molecule has 30 heavy (non-hydrogen) atoms. The number of aliphatic imine (C=N–C) groups is 2. The molecule has 2 N–H and O–H groups in total. The van der Waals surface area contributed by atoms with Gasteiger partial charge in [-0.3, -0.25) is 9.98 Å². The van der Waals surface area contributed by atoms with E-state index in [9.17, 15) is 10.2 Å². The smallest absolute Gasteiger partial charge is 0.127 e. The lowest BCUT2D eigenvalue weighted by atomic mass is 9.98. The first-order chi connectivity index (χ1) is 14.2. The first-order valence-corrected chi connectivity index (χ1v) is 10.8. The van der Waals surface area contributed by atoms with Crippen LogP contribution < -0.4 is 0 Å². The summed E-state index contributed by atoms with van der Waals surface area (Å²) >= 11 is 0. The number of aryl methyl sites for hydroxylation is 2. The molecule has 2 rings (SSSR count). The molecule has 0 radical (unpaired) electrons. The average molecular weight is 409 g/mol. The summed E-state index contributed by atoms with van der Waals surface area (Å²) in [4.78, 5) is 8.86. The molecule has 0 amide bonds. The molecule has 0 atom stereocenters. The van der Waals surface area contributed by atoms with Gasteiger partial charge >= 0.3 is 0 Å². The number of rotatable bonds is 9. The first-order valence-electron chi connectivity index (χ1n) is 10.8. The van der Waals surface area contributed by atoms with Crippen molar-refractivity contribution in [3.05, 3.63) is 57.6 Å². The normalized spacial score (nSPS) is 12.1. The van der Waals surface area contributed by atoms with Gasteiger partial charge in [0.15, 0.2) is 0 Å². The van der Waals surface area contributed by atoms with Crippen LogP contribution in [0.15, 0.2) is 34.3 Å². The molecule has 4 nitrogen and oxygen atoms in total. The molecule has 0 spiro atoms. The predicted octanol–water partition coefficient (Wildman–Crippen LogP) is 5.65. The van der Waals surface area contributed by atoms with Crippen LogP contribution in [0.25, 0.3) is 0 Å². The van der Waals surface area contributed by atoms with Gasteiger partial charge in [0.25, 0.3) is 0 Å². The summed E-state index contributed by atoms with van der Waals surface area (Å²) in [6.07, 6.45) is 5.41. The Bertz CT molecular complexity index is 836. The average Bonchev–Trinajstić information content (AvgIpc) is 2.64. The highest BCUT2D eigenvalue weighted by molar-refractivity contribution is 5.85. The van der Waals surface area contributed by atoms with Gasteiger partial charge in [0.1, 0.15) is 11.5 Å². The second kappa shape index (κ2) is 11.0. The molecule has 0 aromatic heterocycles. The summed E-state index contributed by atoms with van der Waals surface area (Å²) in [5.41, 5.74) is 5.69. The quantitative estimate of drug-likeness (QED) is 0.416. The maximum atomic E-state index is 10.3. The van der Waals surface area contributed by atoms with E-state index in [1.54, 1.807) is 12.4 Å². The third kappa shape index (κ3) is 7.01. The van der Waals surface area contributed by atoms with Gasteiger partial charge in [-0.15, -0.1) is 0 Å². The van der Waals surface area contributed by atoms with Crippen molar-refractivity contribution in [2.24, 2.45) is 21.8 Å². The van der Waals surface area contributed by atoms with Crippen molar-refractivity contribution in [3.63, 3.8) is 0 Å². The minimum atomic E-state index is 0.289. The summed E-state index contributed by atoms with van der Waals surface area (Å²) in [5, 5.41) is 20.6. The molecule has 0 saturated heterocycles. The van der Waals surface area contributed by atoms with E-state index < -0.39 is 0 Å². The van der Waals surface area contributed by atoms with Crippen LogP contribution in [0.3, 0.4) is 0 Å². The highest BCUT2D eigenvalue weighted by Gasteiger charge is 2.08. The van der Waals surface area contributed by atoms with Crippen LogP contribution in [0, 0.1) is 25.7 Å². The molecular formula is C26H36N2O2. The van der Waals surface area contributed by atoms with Crippen molar-refractivity contribution in [3.8, 4) is 11.5 Å². The van der Waals surface area contributed by atoms with Gasteiger partial charge in [-0.2, -0.15) is 0 Å². The Morgan fingerprint density at radius 3 is 1.40 bits per heavy atom. The number of hydrogen-bond donors (Lipinski definition) is 2. The molecule has 0 aliphatic rings. The summed E-state index contributed by atoms with van der Waals surface area (Å²) in [7, 11) is 0. The molecule has 0 heterocycles. The van der Waals surface area contributed by atoms with Gasteiger partial charge in [0.2, 0.25) is 0 Å². The van der Waals surface area contributed by atoms with E-state index in [0.29, 0.717) is 24.9 Å². The number of nitrogens with zero attached hydrogens (tertiary/aromatic N) is 2. The third-order valence-electron chi connectivity index (χ3n) is 4.89. The summed E-state index contributed by atoms with van der Waals surface area (Å²) < 4.78 is 0. The molecule has 2 aromatic rings. The molecule has 0 bridgehead atoms.